The Bertz CT molecular complexity index is 2620. The normalized spacial score (nSPS) is 12.7. The summed E-state index contributed by atoms with van der Waals surface area (Å²) < 4.78 is 2.39. The van der Waals surface area contributed by atoms with Crippen molar-refractivity contribution < 1.29 is 0 Å². The highest BCUT2D eigenvalue weighted by atomic mass is 15.1. The number of hydrogen-bond donors (Lipinski definition) is 0. The molecule has 2 nitrogen and oxygen atoms in total. The van der Waals surface area contributed by atoms with Crippen LogP contribution in [0.1, 0.15) is 155 Å². The quantitative estimate of drug-likeness (QED) is 0.120. The first-order valence-corrected chi connectivity index (χ1v) is 24.2. The summed E-state index contributed by atoms with van der Waals surface area (Å²) >= 11 is 0. The summed E-state index contributed by atoms with van der Waals surface area (Å²) in [6.45, 7) is 37.3. The van der Waals surface area contributed by atoms with Crippen LogP contribution in [0.2, 0.25) is 0 Å². The van der Waals surface area contributed by atoms with E-state index in [2.05, 4.69) is 249 Å². The van der Waals surface area contributed by atoms with Crippen molar-refractivity contribution in [3.63, 3.8) is 0 Å². The fourth-order valence-corrected chi connectivity index (χ4v) is 10.8. The lowest BCUT2D eigenvalue weighted by molar-refractivity contribution is 0.283. The SMILES string of the molecule is Cc1cc(C)cc(-c2cn(-c3c(C(C)C)cc(-c4cc(-c5ccc(C(C)(C)CC(C)(C)C)cc5)cc(-c5ccc(C(C)(C)CC(C)(C)C)cc5)c4)cc3C(C)C)c(-c3ccccc3)n2)c1. The molecule has 0 aliphatic heterocycles. The topological polar surface area (TPSA) is 17.8 Å². The minimum Gasteiger partial charge on any atom is -0.299 e. The summed E-state index contributed by atoms with van der Waals surface area (Å²) in [5, 5.41) is 0. The zero-order chi connectivity index (χ0) is 47.2. The van der Waals surface area contributed by atoms with Crippen LogP contribution in [0, 0.1) is 24.7 Å². The van der Waals surface area contributed by atoms with E-state index in [0.29, 0.717) is 0 Å². The summed E-state index contributed by atoms with van der Waals surface area (Å²) in [4.78, 5) is 5.42. The number of hydrogen-bond acceptors (Lipinski definition) is 1. The Morgan fingerprint density at radius 1 is 0.431 bits per heavy atom. The Morgan fingerprint density at radius 3 is 1.23 bits per heavy atom. The minimum atomic E-state index is 0.0733. The predicted molar refractivity (Wildman–Crippen MR) is 283 cm³/mol. The van der Waals surface area contributed by atoms with E-state index in [1.165, 1.54) is 72.4 Å². The fraction of sp³-hybridized carbons (Fsp3) is 0.381. The first kappa shape index (κ1) is 47.5. The van der Waals surface area contributed by atoms with Gasteiger partial charge in [-0.1, -0.05) is 193 Å². The lowest BCUT2D eigenvalue weighted by Gasteiger charge is -2.33. The van der Waals surface area contributed by atoms with Crippen LogP contribution in [-0.4, -0.2) is 9.55 Å². The van der Waals surface area contributed by atoms with Crippen molar-refractivity contribution in [1.29, 1.82) is 0 Å². The second kappa shape index (κ2) is 18.1. The highest BCUT2D eigenvalue weighted by molar-refractivity contribution is 5.83. The van der Waals surface area contributed by atoms with Crippen molar-refractivity contribution in [2.24, 2.45) is 10.8 Å². The minimum absolute atomic E-state index is 0.0733. The maximum atomic E-state index is 5.42. The van der Waals surface area contributed by atoms with Gasteiger partial charge in [0.25, 0.3) is 0 Å². The molecule has 0 radical (unpaired) electrons. The van der Waals surface area contributed by atoms with Crippen LogP contribution in [0.4, 0.5) is 0 Å². The van der Waals surface area contributed by atoms with E-state index in [0.717, 1.165) is 35.5 Å². The average Bonchev–Trinajstić information content (AvgIpc) is 3.67. The van der Waals surface area contributed by atoms with Gasteiger partial charge in [-0.2, -0.15) is 0 Å². The Balaban J connectivity index is 1.43. The van der Waals surface area contributed by atoms with Crippen molar-refractivity contribution in [2.45, 2.75) is 146 Å². The van der Waals surface area contributed by atoms with Gasteiger partial charge in [0.1, 0.15) is 5.82 Å². The lowest BCUT2D eigenvalue weighted by atomic mass is 9.72. The van der Waals surface area contributed by atoms with Gasteiger partial charge in [0.05, 0.1) is 11.4 Å². The number of aryl methyl sites for hydroxylation is 2. The molecule has 0 atom stereocenters. The lowest BCUT2D eigenvalue weighted by Crippen LogP contribution is -2.24. The number of benzene rings is 6. The van der Waals surface area contributed by atoms with Gasteiger partial charge in [0, 0.05) is 17.3 Å². The summed E-state index contributed by atoms with van der Waals surface area (Å²) in [6, 6.07) is 48.5. The molecule has 0 aliphatic carbocycles. The van der Waals surface area contributed by atoms with Crippen LogP contribution in [0.3, 0.4) is 0 Å². The fourth-order valence-electron chi connectivity index (χ4n) is 10.8. The first-order chi connectivity index (χ1) is 30.4. The van der Waals surface area contributed by atoms with Gasteiger partial charge in [0.2, 0.25) is 0 Å². The molecule has 2 heteroatoms. The zero-order valence-electron chi connectivity index (χ0n) is 42.7. The summed E-state index contributed by atoms with van der Waals surface area (Å²) in [6.07, 6.45) is 4.51. The van der Waals surface area contributed by atoms with E-state index in [4.69, 9.17) is 4.98 Å². The van der Waals surface area contributed by atoms with Crippen LogP contribution in [0.25, 0.3) is 61.7 Å². The highest BCUT2D eigenvalue weighted by Crippen LogP contribution is 2.43. The summed E-state index contributed by atoms with van der Waals surface area (Å²) in [5.74, 6) is 1.48. The van der Waals surface area contributed by atoms with Crippen molar-refractivity contribution in [3.05, 3.63) is 167 Å². The molecule has 338 valence electrons. The monoisotopic (exact) mass is 861 g/mol. The maximum absolute atomic E-state index is 5.42. The molecule has 1 heterocycles. The van der Waals surface area contributed by atoms with Crippen LogP contribution in [-0.2, 0) is 10.8 Å². The maximum Gasteiger partial charge on any atom is 0.145 e. The molecule has 0 saturated carbocycles. The second-order valence-electron chi connectivity index (χ2n) is 23.6. The van der Waals surface area contributed by atoms with Crippen molar-refractivity contribution in [1.82, 2.24) is 9.55 Å². The molecule has 7 rings (SSSR count). The molecule has 6 aromatic carbocycles. The van der Waals surface area contributed by atoms with Crippen LogP contribution in [0.15, 0.2) is 134 Å². The summed E-state index contributed by atoms with van der Waals surface area (Å²) in [5.41, 5.74) is 20.4. The van der Waals surface area contributed by atoms with Crippen molar-refractivity contribution >= 4 is 0 Å². The third-order valence-electron chi connectivity index (χ3n) is 13.1. The van der Waals surface area contributed by atoms with Crippen molar-refractivity contribution in [3.8, 4) is 61.7 Å². The Morgan fingerprint density at radius 2 is 0.831 bits per heavy atom. The van der Waals surface area contributed by atoms with Gasteiger partial charge in [-0.15, -0.1) is 0 Å². The molecule has 1 aromatic heterocycles. The van der Waals surface area contributed by atoms with Gasteiger partial charge in [-0.3, -0.25) is 4.57 Å². The molecule has 7 aromatic rings. The molecule has 0 amide bonds. The zero-order valence-corrected chi connectivity index (χ0v) is 42.7. The standard InChI is InChI=1S/C63H76N2/c1-41(2)55-36-51(37-56(42(3)4)58(55)65-38-57(52-31-43(5)30-44(6)32-52)64-59(65)47-20-18-17-19-21-47)50-34-48(45-22-26-53(27-23-45)62(13,14)39-60(7,8)9)33-49(35-50)46-24-28-54(29-25-46)63(15,16)40-61(10,11)12/h17-38,41-42H,39-40H2,1-16H3. The largest absolute Gasteiger partial charge is 0.299 e. The molecule has 0 saturated heterocycles. The average molecular weight is 861 g/mol. The molecule has 0 unspecified atom stereocenters. The van der Waals surface area contributed by atoms with Crippen LogP contribution >= 0.6 is 0 Å². The van der Waals surface area contributed by atoms with Crippen molar-refractivity contribution in [2.75, 3.05) is 0 Å². The van der Waals surface area contributed by atoms with E-state index in [9.17, 15) is 0 Å². The molecule has 0 aliphatic rings. The smallest absolute Gasteiger partial charge is 0.145 e. The number of aromatic nitrogens is 2. The van der Waals surface area contributed by atoms with Gasteiger partial charge in [-0.05, 0) is 158 Å². The van der Waals surface area contributed by atoms with E-state index in [-0.39, 0.29) is 33.5 Å². The van der Waals surface area contributed by atoms with E-state index < -0.39 is 0 Å². The number of nitrogens with zero attached hydrogens (tertiary/aromatic N) is 2. The Labute approximate surface area is 393 Å². The second-order valence-corrected chi connectivity index (χ2v) is 23.6. The molecule has 65 heavy (non-hydrogen) atoms. The third-order valence-corrected chi connectivity index (χ3v) is 13.1. The van der Waals surface area contributed by atoms with E-state index >= 15 is 0 Å². The Hall–Kier alpha value is -5.47. The Kier molecular flexibility index (Phi) is 13.2. The highest BCUT2D eigenvalue weighted by Gasteiger charge is 2.29. The molecule has 0 spiro atoms. The molecular formula is C63H76N2. The van der Waals surface area contributed by atoms with Crippen LogP contribution < -0.4 is 0 Å². The van der Waals surface area contributed by atoms with E-state index in [1.54, 1.807) is 0 Å². The van der Waals surface area contributed by atoms with Gasteiger partial charge >= 0.3 is 0 Å². The van der Waals surface area contributed by atoms with Gasteiger partial charge < -0.3 is 0 Å². The number of imidazole rings is 1. The third kappa shape index (κ3) is 11.0. The molecule has 0 bridgehead atoms. The van der Waals surface area contributed by atoms with Crippen LogP contribution in [0.5, 0.6) is 0 Å². The molecule has 0 fully saturated rings. The van der Waals surface area contributed by atoms with E-state index in [1.807, 2.05) is 0 Å². The van der Waals surface area contributed by atoms with Gasteiger partial charge in [-0.25, -0.2) is 4.98 Å². The number of rotatable bonds is 12. The first-order valence-electron chi connectivity index (χ1n) is 24.2. The molecule has 0 N–H and O–H groups in total. The molecular weight excluding hydrogens is 785 g/mol. The summed E-state index contributed by atoms with van der Waals surface area (Å²) in [7, 11) is 0. The van der Waals surface area contributed by atoms with Gasteiger partial charge in [0.15, 0.2) is 0 Å². The predicted octanol–water partition coefficient (Wildman–Crippen LogP) is 18.5.